The Morgan fingerprint density at radius 2 is 2.29 bits per heavy atom. The summed E-state index contributed by atoms with van der Waals surface area (Å²) in [6, 6.07) is 8.24. The van der Waals surface area contributed by atoms with Gasteiger partial charge in [-0.3, -0.25) is 4.79 Å². The number of anilines is 1. The molecule has 14 heavy (non-hydrogen) atoms. The van der Waals surface area contributed by atoms with Crippen LogP contribution >= 0.6 is 0 Å². The SMILES string of the molecule is N#CCC(=O)Nc1cccc(C#N)n1. The molecule has 0 fully saturated rings. The van der Waals surface area contributed by atoms with E-state index in [0.29, 0.717) is 0 Å². The summed E-state index contributed by atoms with van der Waals surface area (Å²) >= 11 is 0. The van der Waals surface area contributed by atoms with Crippen molar-refractivity contribution in [2.45, 2.75) is 6.42 Å². The Labute approximate surface area is 80.6 Å². The van der Waals surface area contributed by atoms with Gasteiger partial charge in [0, 0.05) is 0 Å². The highest BCUT2D eigenvalue weighted by Crippen LogP contribution is 2.03. The standard InChI is InChI=1S/C9H6N4O/c10-5-4-9(14)13-8-3-1-2-7(6-11)12-8/h1-3H,4H2,(H,12,13,14). The highest BCUT2D eigenvalue weighted by molar-refractivity contribution is 5.91. The van der Waals surface area contributed by atoms with Crippen LogP contribution in [0.4, 0.5) is 5.82 Å². The molecule has 0 unspecified atom stereocenters. The van der Waals surface area contributed by atoms with E-state index < -0.39 is 5.91 Å². The monoisotopic (exact) mass is 186 g/mol. The van der Waals surface area contributed by atoms with Gasteiger partial charge in [-0.05, 0) is 12.1 Å². The summed E-state index contributed by atoms with van der Waals surface area (Å²) in [4.78, 5) is 14.8. The van der Waals surface area contributed by atoms with E-state index >= 15 is 0 Å². The fraction of sp³-hybridized carbons (Fsp3) is 0.111. The van der Waals surface area contributed by atoms with Gasteiger partial charge in [0.05, 0.1) is 6.07 Å². The Kier molecular flexibility index (Phi) is 3.17. The molecule has 0 atom stereocenters. The number of nitrogens with one attached hydrogen (secondary N) is 1. The van der Waals surface area contributed by atoms with Gasteiger partial charge in [0.15, 0.2) is 0 Å². The van der Waals surface area contributed by atoms with Crippen molar-refractivity contribution in [3.8, 4) is 12.1 Å². The van der Waals surface area contributed by atoms with Crippen molar-refractivity contribution in [3.05, 3.63) is 23.9 Å². The Morgan fingerprint density at radius 3 is 2.93 bits per heavy atom. The van der Waals surface area contributed by atoms with Crippen molar-refractivity contribution in [2.24, 2.45) is 0 Å². The van der Waals surface area contributed by atoms with E-state index in [1.54, 1.807) is 18.2 Å². The fourth-order valence-corrected chi connectivity index (χ4v) is 0.825. The highest BCUT2D eigenvalue weighted by atomic mass is 16.1. The summed E-state index contributed by atoms with van der Waals surface area (Å²) in [6.45, 7) is 0. The van der Waals surface area contributed by atoms with Crippen LogP contribution in [0.3, 0.4) is 0 Å². The third-order valence-corrected chi connectivity index (χ3v) is 1.37. The van der Waals surface area contributed by atoms with E-state index in [0.717, 1.165) is 0 Å². The van der Waals surface area contributed by atoms with Gasteiger partial charge in [-0.2, -0.15) is 10.5 Å². The number of carbonyl (C=O) groups excluding carboxylic acids is 1. The Hall–Kier alpha value is -2.40. The van der Waals surface area contributed by atoms with Crippen LogP contribution in [0.15, 0.2) is 18.2 Å². The second kappa shape index (κ2) is 4.58. The lowest BCUT2D eigenvalue weighted by Gasteiger charge is -2.00. The molecule has 1 rings (SSSR count). The van der Waals surface area contributed by atoms with Gasteiger partial charge in [-0.25, -0.2) is 4.98 Å². The van der Waals surface area contributed by atoms with Gasteiger partial charge in [0.1, 0.15) is 24.0 Å². The van der Waals surface area contributed by atoms with Gasteiger partial charge in [0.25, 0.3) is 0 Å². The molecule has 1 N–H and O–H groups in total. The summed E-state index contributed by atoms with van der Waals surface area (Å²) in [7, 11) is 0. The van der Waals surface area contributed by atoms with E-state index in [9.17, 15) is 4.79 Å². The molecule has 0 aliphatic heterocycles. The molecule has 1 aromatic rings. The second-order valence-electron chi connectivity index (χ2n) is 2.40. The van der Waals surface area contributed by atoms with E-state index in [1.807, 2.05) is 6.07 Å². The number of hydrogen-bond acceptors (Lipinski definition) is 4. The molecule has 0 radical (unpaired) electrons. The molecule has 0 saturated carbocycles. The first-order valence-electron chi connectivity index (χ1n) is 3.80. The zero-order valence-corrected chi connectivity index (χ0v) is 7.19. The first-order chi connectivity index (χ1) is 6.76. The minimum absolute atomic E-state index is 0.222. The van der Waals surface area contributed by atoms with Crippen molar-refractivity contribution >= 4 is 11.7 Å². The normalized spacial score (nSPS) is 8.43. The van der Waals surface area contributed by atoms with Crippen LogP contribution in [0.5, 0.6) is 0 Å². The van der Waals surface area contributed by atoms with Crippen LogP contribution in [0.2, 0.25) is 0 Å². The fourth-order valence-electron chi connectivity index (χ4n) is 0.825. The lowest BCUT2D eigenvalue weighted by Crippen LogP contribution is -2.11. The average molecular weight is 186 g/mol. The minimum atomic E-state index is -0.435. The van der Waals surface area contributed by atoms with E-state index in [4.69, 9.17) is 10.5 Å². The molecule has 5 heteroatoms. The molecule has 1 aromatic heterocycles. The summed E-state index contributed by atoms with van der Waals surface area (Å²) in [5.41, 5.74) is 0.222. The van der Waals surface area contributed by atoms with Crippen LogP contribution in [-0.4, -0.2) is 10.9 Å². The minimum Gasteiger partial charge on any atom is -0.310 e. The molecule has 0 spiro atoms. The van der Waals surface area contributed by atoms with Crippen LogP contribution in [-0.2, 0) is 4.79 Å². The number of rotatable bonds is 2. The van der Waals surface area contributed by atoms with Gasteiger partial charge in [-0.15, -0.1) is 0 Å². The van der Waals surface area contributed by atoms with E-state index in [-0.39, 0.29) is 17.9 Å². The number of nitrogens with zero attached hydrogens (tertiary/aromatic N) is 3. The first kappa shape index (κ1) is 9.69. The van der Waals surface area contributed by atoms with Crippen molar-refractivity contribution in [3.63, 3.8) is 0 Å². The Balaban J connectivity index is 2.74. The van der Waals surface area contributed by atoms with Crippen LogP contribution in [0.1, 0.15) is 12.1 Å². The molecule has 68 valence electrons. The largest absolute Gasteiger partial charge is 0.310 e. The molecular weight excluding hydrogens is 180 g/mol. The van der Waals surface area contributed by atoms with E-state index in [2.05, 4.69) is 10.3 Å². The average Bonchev–Trinajstić information content (AvgIpc) is 2.18. The topological polar surface area (TPSA) is 89.6 Å². The summed E-state index contributed by atoms with van der Waals surface area (Å²) in [5, 5.41) is 19.1. The zero-order valence-electron chi connectivity index (χ0n) is 7.19. The summed E-state index contributed by atoms with van der Waals surface area (Å²) in [6.07, 6.45) is -0.224. The summed E-state index contributed by atoms with van der Waals surface area (Å²) < 4.78 is 0. The molecule has 0 aliphatic rings. The molecule has 5 nitrogen and oxygen atoms in total. The van der Waals surface area contributed by atoms with Crippen LogP contribution in [0.25, 0.3) is 0 Å². The number of amides is 1. The molecule has 1 amide bonds. The third kappa shape index (κ3) is 2.58. The quantitative estimate of drug-likeness (QED) is 0.739. The van der Waals surface area contributed by atoms with Crippen molar-refractivity contribution in [1.82, 2.24) is 4.98 Å². The molecule has 0 aromatic carbocycles. The number of aromatic nitrogens is 1. The number of hydrogen-bond donors (Lipinski definition) is 1. The number of carbonyl (C=O) groups is 1. The second-order valence-corrected chi connectivity index (χ2v) is 2.40. The molecule has 1 heterocycles. The van der Waals surface area contributed by atoms with Gasteiger partial charge < -0.3 is 5.32 Å². The zero-order chi connectivity index (χ0) is 10.4. The maximum absolute atomic E-state index is 11.0. The van der Waals surface area contributed by atoms with Gasteiger partial charge in [0.2, 0.25) is 5.91 Å². The lowest BCUT2D eigenvalue weighted by atomic mass is 10.3. The van der Waals surface area contributed by atoms with Gasteiger partial charge >= 0.3 is 0 Å². The summed E-state index contributed by atoms with van der Waals surface area (Å²) in [5.74, 6) is -0.153. The molecule has 0 bridgehead atoms. The number of nitriles is 2. The van der Waals surface area contributed by atoms with Gasteiger partial charge in [-0.1, -0.05) is 6.07 Å². The predicted molar refractivity (Wildman–Crippen MR) is 47.8 cm³/mol. The molecule has 0 aliphatic carbocycles. The molecular formula is C9H6N4O. The highest BCUT2D eigenvalue weighted by Gasteiger charge is 2.02. The van der Waals surface area contributed by atoms with Crippen LogP contribution < -0.4 is 5.32 Å². The van der Waals surface area contributed by atoms with Crippen LogP contribution in [0, 0.1) is 22.7 Å². The smallest absolute Gasteiger partial charge is 0.239 e. The maximum atomic E-state index is 11.0. The maximum Gasteiger partial charge on any atom is 0.239 e. The lowest BCUT2D eigenvalue weighted by molar-refractivity contribution is -0.115. The predicted octanol–water partition coefficient (Wildman–Crippen LogP) is 0.805. The Morgan fingerprint density at radius 1 is 1.50 bits per heavy atom. The molecule has 0 saturated heterocycles. The third-order valence-electron chi connectivity index (χ3n) is 1.37. The van der Waals surface area contributed by atoms with Crippen molar-refractivity contribution < 1.29 is 4.79 Å². The van der Waals surface area contributed by atoms with E-state index in [1.165, 1.54) is 6.07 Å². The number of pyridine rings is 1. The Bertz CT molecular complexity index is 427. The van der Waals surface area contributed by atoms with Crippen molar-refractivity contribution in [1.29, 1.82) is 10.5 Å². The van der Waals surface area contributed by atoms with Crippen molar-refractivity contribution in [2.75, 3.05) is 5.32 Å². The first-order valence-corrected chi connectivity index (χ1v) is 3.80.